The van der Waals surface area contributed by atoms with Gasteiger partial charge in [-0.25, -0.2) is 0 Å². The highest BCUT2D eigenvalue weighted by molar-refractivity contribution is 8.00. The van der Waals surface area contributed by atoms with Crippen LogP contribution < -0.4 is 4.90 Å². The molecule has 2 aliphatic heterocycles. The molecule has 5 heteroatoms. The van der Waals surface area contributed by atoms with E-state index in [1.54, 1.807) is 17.8 Å². The number of unbranched alkanes of at least 4 members (excludes halogenated alkanes) is 2. The normalized spacial score (nSPS) is 23.6. The Balaban J connectivity index is 1.40. The molecule has 0 aliphatic carbocycles. The van der Waals surface area contributed by atoms with Gasteiger partial charge in [-0.1, -0.05) is 37.1 Å². The number of hydrogen-bond acceptors (Lipinski definition) is 4. The molecule has 4 nitrogen and oxygen atoms in total. The summed E-state index contributed by atoms with van der Waals surface area (Å²) in [6.45, 7) is 6.62. The van der Waals surface area contributed by atoms with Gasteiger partial charge in [0.25, 0.3) is 0 Å². The van der Waals surface area contributed by atoms with Crippen molar-refractivity contribution in [1.29, 1.82) is 5.26 Å². The summed E-state index contributed by atoms with van der Waals surface area (Å²) in [5.41, 5.74) is 2.53. The average Bonchev–Trinajstić information content (AvgIpc) is 2.81. The number of nitrogens with zero attached hydrogens (tertiary/aromatic N) is 3. The minimum Gasteiger partial charge on any atom is -0.310 e. The minimum absolute atomic E-state index is 0.127. The number of benzene rings is 2. The number of likely N-dealkylation sites (tertiary alicyclic amines) is 1. The van der Waals surface area contributed by atoms with Crippen LogP contribution in [-0.2, 0) is 4.79 Å². The fourth-order valence-electron chi connectivity index (χ4n) is 5.09. The standard InChI is InChI=1S/C27H33N3OS/c1-20-10-8-11-21(2)29(20)16-6-3-7-17-30-24-14-4-5-15-25(24)32-26(27(30)31)23-13-9-12-22(18-23)19-28/h4-5,9,12-15,18,20-21,26H,3,6-8,10-11,16-17H2,1-2H3/t20-,21+,26?. The highest BCUT2D eigenvalue weighted by Crippen LogP contribution is 2.46. The third kappa shape index (κ3) is 5.03. The number of rotatable bonds is 7. The van der Waals surface area contributed by atoms with Gasteiger partial charge in [-0.2, -0.15) is 5.26 Å². The molecule has 2 aromatic carbocycles. The lowest BCUT2D eigenvalue weighted by Gasteiger charge is -2.39. The Hall–Kier alpha value is -2.29. The van der Waals surface area contributed by atoms with E-state index in [0.717, 1.165) is 42.1 Å². The summed E-state index contributed by atoms with van der Waals surface area (Å²) in [5, 5.41) is 8.98. The quantitative estimate of drug-likeness (QED) is 0.476. The van der Waals surface area contributed by atoms with Crippen molar-refractivity contribution in [3.63, 3.8) is 0 Å². The van der Waals surface area contributed by atoms with Gasteiger partial charge in [0.1, 0.15) is 5.25 Å². The number of anilines is 1. The molecule has 0 aromatic heterocycles. The summed E-state index contributed by atoms with van der Waals surface area (Å²) in [4.78, 5) is 19.3. The van der Waals surface area contributed by atoms with Crippen molar-refractivity contribution in [2.45, 2.75) is 74.6 Å². The molecule has 0 N–H and O–H groups in total. The molecule has 32 heavy (non-hydrogen) atoms. The molecule has 2 aromatic rings. The molecule has 2 heterocycles. The van der Waals surface area contributed by atoms with Crippen LogP contribution in [-0.4, -0.2) is 36.0 Å². The smallest absolute Gasteiger partial charge is 0.245 e. The van der Waals surface area contributed by atoms with E-state index in [4.69, 9.17) is 0 Å². The molecule has 0 bridgehead atoms. The summed E-state index contributed by atoms with van der Waals surface area (Å²) in [6.07, 6.45) is 7.30. The first kappa shape index (κ1) is 22.9. The number of carbonyl (C=O) groups excluding carboxylic acids is 1. The van der Waals surface area contributed by atoms with Crippen molar-refractivity contribution in [3.05, 3.63) is 59.7 Å². The van der Waals surface area contributed by atoms with Crippen LogP contribution in [0.25, 0.3) is 0 Å². The van der Waals surface area contributed by atoms with Gasteiger partial charge in [0.2, 0.25) is 5.91 Å². The zero-order chi connectivity index (χ0) is 22.5. The fourth-order valence-corrected chi connectivity index (χ4v) is 6.31. The maximum Gasteiger partial charge on any atom is 0.245 e. The Morgan fingerprint density at radius 2 is 1.75 bits per heavy atom. The third-order valence-corrected chi connectivity index (χ3v) is 8.19. The fraction of sp³-hybridized carbons (Fsp3) is 0.481. The average molecular weight is 448 g/mol. The van der Waals surface area contributed by atoms with Gasteiger partial charge in [0.15, 0.2) is 0 Å². The number of thioether (sulfide) groups is 1. The van der Waals surface area contributed by atoms with Crippen LogP contribution in [0.5, 0.6) is 0 Å². The first-order chi connectivity index (χ1) is 15.6. The van der Waals surface area contributed by atoms with Crippen molar-refractivity contribution in [1.82, 2.24) is 4.90 Å². The Labute approximate surface area is 196 Å². The topological polar surface area (TPSA) is 47.3 Å². The predicted octanol–water partition coefficient (Wildman–Crippen LogP) is 6.17. The number of para-hydroxylation sites is 1. The van der Waals surface area contributed by atoms with Crippen LogP contribution in [0.1, 0.15) is 68.7 Å². The predicted molar refractivity (Wildman–Crippen MR) is 132 cm³/mol. The second-order valence-electron chi connectivity index (χ2n) is 9.12. The van der Waals surface area contributed by atoms with Crippen molar-refractivity contribution in [3.8, 4) is 6.07 Å². The molecule has 0 radical (unpaired) electrons. The Morgan fingerprint density at radius 1 is 1.00 bits per heavy atom. The van der Waals surface area contributed by atoms with Gasteiger partial charge in [-0.05, 0) is 75.9 Å². The third-order valence-electron chi connectivity index (χ3n) is 6.88. The van der Waals surface area contributed by atoms with Crippen molar-refractivity contribution >= 4 is 23.4 Å². The number of hydrogen-bond donors (Lipinski definition) is 0. The molecule has 1 fully saturated rings. The number of amides is 1. The van der Waals surface area contributed by atoms with Gasteiger partial charge in [-0.15, -0.1) is 11.8 Å². The van der Waals surface area contributed by atoms with Crippen LogP contribution in [0.2, 0.25) is 0 Å². The van der Waals surface area contributed by atoms with E-state index in [1.165, 1.54) is 25.7 Å². The zero-order valence-electron chi connectivity index (χ0n) is 19.2. The second kappa shape index (κ2) is 10.6. The van der Waals surface area contributed by atoms with Crippen LogP contribution in [0.15, 0.2) is 53.4 Å². The SMILES string of the molecule is C[C@@H]1CCC[C@H](C)N1CCCCCN1C(=O)C(c2cccc(C#N)c2)Sc2ccccc21. The second-order valence-corrected chi connectivity index (χ2v) is 10.3. The zero-order valence-corrected chi connectivity index (χ0v) is 20.0. The Bertz CT molecular complexity index is 975. The van der Waals surface area contributed by atoms with E-state index in [-0.39, 0.29) is 11.2 Å². The lowest BCUT2D eigenvalue weighted by Crippen LogP contribution is -2.44. The minimum atomic E-state index is -0.298. The molecule has 0 spiro atoms. The van der Waals surface area contributed by atoms with Crippen LogP contribution in [0, 0.1) is 11.3 Å². The van der Waals surface area contributed by atoms with Gasteiger partial charge in [-0.3, -0.25) is 9.69 Å². The Morgan fingerprint density at radius 3 is 2.53 bits per heavy atom. The van der Waals surface area contributed by atoms with Crippen LogP contribution >= 0.6 is 11.8 Å². The first-order valence-corrected chi connectivity index (χ1v) is 12.8. The molecule has 2 aliphatic rings. The van der Waals surface area contributed by atoms with E-state index in [0.29, 0.717) is 17.6 Å². The van der Waals surface area contributed by atoms with E-state index >= 15 is 0 Å². The summed E-state index contributed by atoms with van der Waals surface area (Å²) in [5.74, 6) is 0.127. The molecule has 3 atom stereocenters. The summed E-state index contributed by atoms with van der Waals surface area (Å²) < 4.78 is 0. The van der Waals surface area contributed by atoms with Crippen molar-refractivity contribution in [2.75, 3.05) is 18.0 Å². The van der Waals surface area contributed by atoms with E-state index in [1.807, 2.05) is 35.2 Å². The summed E-state index contributed by atoms with van der Waals surface area (Å²) >= 11 is 1.60. The van der Waals surface area contributed by atoms with Crippen molar-refractivity contribution in [2.24, 2.45) is 0 Å². The van der Waals surface area contributed by atoms with Crippen molar-refractivity contribution < 1.29 is 4.79 Å². The lowest BCUT2D eigenvalue weighted by molar-refractivity contribution is -0.118. The van der Waals surface area contributed by atoms with Gasteiger partial charge in [0.05, 0.1) is 17.3 Å². The van der Waals surface area contributed by atoms with Gasteiger partial charge < -0.3 is 4.90 Å². The molecule has 4 rings (SSSR count). The maximum atomic E-state index is 13.5. The van der Waals surface area contributed by atoms with Crippen LogP contribution in [0.3, 0.4) is 0 Å². The first-order valence-electron chi connectivity index (χ1n) is 11.9. The molecule has 1 unspecified atom stereocenters. The molecular formula is C27H33N3OS. The van der Waals surface area contributed by atoms with E-state index in [2.05, 4.69) is 36.9 Å². The van der Waals surface area contributed by atoms with E-state index in [9.17, 15) is 10.1 Å². The lowest BCUT2D eigenvalue weighted by atomic mass is 9.97. The Kier molecular flexibility index (Phi) is 7.55. The van der Waals surface area contributed by atoms with Gasteiger partial charge in [0, 0.05) is 23.5 Å². The largest absolute Gasteiger partial charge is 0.310 e. The molecular weight excluding hydrogens is 414 g/mol. The van der Waals surface area contributed by atoms with E-state index < -0.39 is 0 Å². The summed E-state index contributed by atoms with van der Waals surface area (Å²) in [6, 6.07) is 19.2. The number of carbonyl (C=O) groups is 1. The molecule has 168 valence electrons. The number of piperidine rings is 1. The molecule has 1 saturated heterocycles. The molecule has 0 saturated carbocycles. The van der Waals surface area contributed by atoms with Crippen LogP contribution in [0.4, 0.5) is 5.69 Å². The number of fused-ring (bicyclic) bond motifs is 1. The highest BCUT2D eigenvalue weighted by Gasteiger charge is 2.34. The summed E-state index contributed by atoms with van der Waals surface area (Å²) in [7, 11) is 0. The molecule has 1 amide bonds. The monoisotopic (exact) mass is 447 g/mol. The number of nitriles is 1. The maximum absolute atomic E-state index is 13.5. The van der Waals surface area contributed by atoms with Gasteiger partial charge >= 0.3 is 0 Å². The highest BCUT2D eigenvalue weighted by atomic mass is 32.2.